The van der Waals surface area contributed by atoms with Crippen molar-refractivity contribution in [1.82, 2.24) is 8.53 Å². The number of rotatable bonds is 6. The van der Waals surface area contributed by atoms with Gasteiger partial charge in [0, 0.05) is 0 Å². The Morgan fingerprint density at radius 3 is 1.84 bits per heavy atom. The average molecular weight is 345 g/mol. The molecule has 19 heavy (non-hydrogen) atoms. The molecule has 0 heterocycles. The van der Waals surface area contributed by atoms with Crippen molar-refractivity contribution in [2.24, 2.45) is 5.92 Å². The maximum absolute atomic E-state index is 2.81. The van der Waals surface area contributed by atoms with Crippen molar-refractivity contribution < 1.29 is 21.1 Å². The van der Waals surface area contributed by atoms with Crippen LogP contribution in [0.5, 0.6) is 0 Å². The molecule has 0 spiro atoms. The Labute approximate surface area is 125 Å². The molecule has 0 radical (unpaired) electrons. The first-order chi connectivity index (χ1) is 8.74. The van der Waals surface area contributed by atoms with Gasteiger partial charge in [0.1, 0.15) is 0 Å². The Kier molecular flexibility index (Phi) is 6.19. The Hall–Kier alpha value is 0.243. The first-order valence-corrected chi connectivity index (χ1v) is 11.7. The van der Waals surface area contributed by atoms with Gasteiger partial charge in [-0.3, -0.25) is 0 Å². The van der Waals surface area contributed by atoms with Gasteiger partial charge in [0.15, 0.2) is 0 Å². The van der Waals surface area contributed by atoms with Gasteiger partial charge in [0.2, 0.25) is 0 Å². The molecule has 4 heteroatoms. The number of hydrogen-bond acceptors (Lipinski definition) is 3. The van der Waals surface area contributed by atoms with Crippen LogP contribution in [0.25, 0.3) is 0 Å². The Balaban J connectivity index is 3.32. The fourth-order valence-corrected chi connectivity index (χ4v) is 15.9. The van der Waals surface area contributed by atoms with Crippen LogP contribution in [0.4, 0.5) is 0 Å². The second-order valence-corrected chi connectivity index (χ2v) is 17.7. The zero-order chi connectivity index (χ0) is 14.8. The quantitative estimate of drug-likeness (QED) is 0.733. The van der Waals surface area contributed by atoms with Gasteiger partial charge in [0.05, 0.1) is 0 Å². The normalized spacial score (nSPS) is 16.8. The van der Waals surface area contributed by atoms with Gasteiger partial charge in [-0.1, -0.05) is 0 Å². The number of allylic oxidation sites excluding steroid dienone is 4. The standard InChI is InChI=1S/C9H13.3C2H6N.Zr/c1-8(2)7-9-5-3-4-6-9;3*1-3-2;/h3,5,8H,4,7H2,1-2H3;3*1-2H3;/q;3*-1;+3. The first kappa shape index (κ1) is 17.3. The zero-order valence-corrected chi connectivity index (χ0v) is 16.4. The monoisotopic (exact) mass is 343 g/mol. The van der Waals surface area contributed by atoms with Crippen molar-refractivity contribution in [2.45, 2.75) is 26.7 Å². The molecule has 3 nitrogen and oxygen atoms in total. The third kappa shape index (κ3) is 3.29. The summed E-state index contributed by atoms with van der Waals surface area (Å²) in [4.78, 5) is 0. The summed E-state index contributed by atoms with van der Waals surface area (Å²) >= 11 is -2.81. The average Bonchev–Trinajstić information content (AvgIpc) is 2.64. The van der Waals surface area contributed by atoms with E-state index in [1.807, 2.05) is 0 Å². The van der Waals surface area contributed by atoms with Crippen molar-refractivity contribution in [2.75, 3.05) is 42.3 Å². The number of nitrogens with zero attached hydrogens (tertiary/aromatic N) is 3. The molecule has 0 amide bonds. The van der Waals surface area contributed by atoms with E-state index in [2.05, 4.69) is 76.8 Å². The summed E-state index contributed by atoms with van der Waals surface area (Å²) in [6.07, 6.45) is 7.08. The predicted molar refractivity (Wildman–Crippen MR) is 81.3 cm³/mol. The zero-order valence-electron chi connectivity index (χ0n) is 14.0. The van der Waals surface area contributed by atoms with Gasteiger partial charge in [-0.2, -0.15) is 0 Å². The van der Waals surface area contributed by atoms with Crippen LogP contribution in [0.1, 0.15) is 26.7 Å². The molecule has 0 saturated heterocycles. The van der Waals surface area contributed by atoms with Gasteiger partial charge in [-0.25, -0.2) is 0 Å². The Morgan fingerprint density at radius 2 is 1.47 bits per heavy atom. The molecule has 0 saturated carbocycles. The molecule has 1 aliphatic rings. The summed E-state index contributed by atoms with van der Waals surface area (Å²) in [5.41, 5.74) is 1.60. The number of hydrogen-bond donors (Lipinski definition) is 0. The molecular formula is C15H31N3Zr. The van der Waals surface area contributed by atoms with Crippen LogP contribution in [0.2, 0.25) is 0 Å². The van der Waals surface area contributed by atoms with Crippen LogP contribution >= 0.6 is 0 Å². The SMILES string of the molecule is CC(C)CC1=[C]([Zr]([N](C)C)([N](C)C)[N](C)C)CC=C1. The van der Waals surface area contributed by atoms with E-state index < -0.39 is 21.1 Å². The summed E-state index contributed by atoms with van der Waals surface area (Å²) in [6.45, 7) is 4.63. The van der Waals surface area contributed by atoms with Crippen molar-refractivity contribution in [3.05, 3.63) is 21.0 Å². The molecule has 0 aromatic heterocycles. The first-order valence-electron chi connectivity index (χ1n) is 7.15. The molecule has 0 fully saturated rings. The van der Waals surface area contributed by atoms with Crippen LogP contribution in [0.15, 0.2) is 21.0 Å². The van der Waals surface area contributed by atoms with Crippen molar-refractivity contribution >= 4 is 0 Å². The van der Waals surface area contributed by atoms with Crippen LogP contribution < -0.4 is 0 Å². The Morgan fingerprint density at radius 1 is 1.00 bits per heavy atom. The van der Waals surface area contributed by atoms with E-state index >= 15 is 0 Å². The van der Waals surface area contributed by atoms with Crippen molar-refractivity contribution in [1.29, 1.82) is 0 Å². The second kappa shape index (κ2) is 6.80. The van der Waals surface area contributed by atoms with Gasteiger partial charge < -0.3 is 0 Å². The fraction of sp³-hybridized carbons (Fsp3) is 0.733. The molecule has 110 valence electrons. The topological polar surface area (TPSA) is 9.72 Å². The molecule has 0 aromatic rings. The van der Waals surface area contributed by atoms with E-state index in [0.717, 1.165) is 12.3 Å². The molecule has 1 rings (SSSR count). The van der Waals surface area contributed by atoms with Crippen LogP contribution in [-0.2, 0) is 21.1 Å². The van der Waals surface area contributed by atoms with E-state index in [-0.39, 0.29) is 0 Å². The summed E-state index contributed by atoms with van der Waals surface area (Å²) < 4.78 is 9.30. The summed E-state index contributed by atoms with van der Waals surface area (Å²) in [7, 11) is 13.5. The minimum atomic E-state index is -2.81. The van der Waals surface area contributed by atoms with E-state index in [1.54, 1.807) is 8.85 Å². The fourth-order valence-electron chi connectivity index (χ4n) is 3.54. The molecule has 0 bridgehead atoms. The molecule has 0 aromatic carbocycles. The summed E-state index contributed by atoms with van der Waals surface area (Å²) in [5.74, 6) is 0.725. The second-order valence-electron chi connectivity index (χ2n) is 6.53. The van der Waals surface area contributed by atoms with E-state index in [1.165, 1.54) is 6.42 Å². The summed E-state index contributed by atoms with van der Waals surface area (Å²) in [5, 5.41) is 0. The predicted octanol–water partition coefficient (Wildman–Crippen LogP) is 2.83. The molecule has 1 aliphatic carbocycles. The van der Waals surface area contributed by atoms with E-state index in [0.29, 0.717) is 0 Å². The van der Waals surface area contributed by atoms with Gasteiger partial charge in [0.25, 0.3) is 0 Å². The molecular weight excluding hydrogens is 313 g/mol. The molecule has 0 atom stereocenters. The minimum absolute atomic E-state index is 0.725. The Bertz CT molecular complexity index is 346. The van der Waals surface area contributed by atoms with E-state index in [9.17, 15) is 0 Å². The third-order valence-electron chi connectivity index (χ3n) is 3.93. The van der Waals surface area contributed by atoms with E-state index in [4.69, 9.17) is 0 Å². The van der Waals surface area contributed by atoms with Crippen molar-refractivity contribution in [3.8, 4) is 0 Å². The van der Waals surface area contributed by atoms with Crippen LogP contribution in [0.3, 0.4) is 0 Å². The summed E-state index contributed by atoms with van der Waals surface area (Å²) in [6, 6.07) is 0. The van der Waals surface area contributed by atoms with Gasteiger partial charge in [-0.15, -0.1) is 0 Å². The van der Waals surface area contributed by atoms with Gasteiger partial charge in [-0.05, 0) is 0 Å². The third-order valence-corrected chi connectivity index (χ3v) is 16.4. The van der Waals surface area contributed by atoms with Crippen LogP contribution in [-0.4, -0.2) is 50.8 Å². The van der Waals surface area contributed by atoms with Gasteiger partial charge >= 0.3 is 126 Å². The van der Waals surface area contributed by atoms with Crippen molar-refractivity contribution in [3.63, 3.8) is 0 Å². The maximum atomic E-state index is 2.53. The molecule has 0 aliphatic heterocycles. The molecule has 0 N–H and O–H groups in total. The molecule has 0 unspecified atom stereocenters. The van der Waals surface area contributed by atoms with Crippen LogP contribution in [0, 0.1) is 5.92 Å².